The summed E-state index contributed by atoms with van der Waals surface area (Å²) in [5.41, 5.74) is 2.45. The van der Waals surface area contributed by atoms with Gasteiger partial charge in [0.2, 0.25) is 5.95 Å². The number of carbonyl (C=O) groups excluding carboxylic acids is 1. The zero-order chi connectivity index (χ0) is 18.1. The van der Waals surface area contributed by atoms with Crippen LogP contribution in [0.5, 0.6) is 0 Å². The number of anilines is 2. The summed E-state index contributed by atoms with van der Waals surface area (Å²) in [6.45, 7) is 4.02. The Hall–Kier alpha value is -3.12. The van der Waals surface area contributed by atoms with Crippen LogP contribution in [0.4, 0.5) is 11.9 Å². The van der Waals surface area contributed by atoms with E-state index in [1.54, 1.807) is 28.9 Å². The van der Waals surface area contributed by atoms with Crippen LogP contribution in [0.1, 0.15) is 28.4 Å². The molecule has 1 amide bonds. The second-order valence-electron chi connectivity index (χ2n) is 6.02. The van der Waals surface area contributed by atoms with Gasteiger partial charge in [0.25, 0.3) is 11.9 Å². The van der Waals surface area contributed by atoms with Crippen LogP contribution < -0.4 is 10.6 Å². The Labute approximate surface area is 155 Å². The Kier molecular flexibility index (Phi) is 4.18. The van der Waals surface area contributed by atoms with Gasteiger partial charge in [0.15, 0.2) is 0 Å². The minimum atomic E-state index is -0.292. The molecular weight excluding hydrogens is 350 g/mol. The van der Waals surface area contributed by atoms with Gasteiger partial charge in [-0.05, 0) is 29.8 Å². The molecule has 0 saturated heterocycles. The highest BCUT2D eigenvalue weighted by Gasteiger charge is 2.26. The van der Waals surface area contributed by atoms with Crippen molar-refractivity contribution >= 4 is 29.4 Å². The topological polar surface area (TPSA) is 71.8 Å². The average Bonchev–Trinajstić information content (AvgIpc) is 3.04. The normalized spacial score (nSPS) is 15.9. The minimum absolute atomic E-state index is 0.0198. The van der Waals surface area contributed by atoms with Crippen molar-refractivity contribution in [2.24, 2.45) is 0 Å². The van der Waals surface area contributed by atoms with E-state index < -0.39 is 0 Å². The number of halogens is 1. The molecule has 1 aliphatic rings. The number of amides is 1. The highest BCUT2D eigenvalue weighted by molar-refractivity contribution is 6.30. The lowest BCUT2D eigenvalue weighted by molar-refractivity contribution is 0.102. The van der Waals surface area contributed by atoms with E-state index >= 15 is 0 Å². The van der Waals surface area contributed by atoms with Crippen molar-refractivity contribution in [3.05, 3.63) is 83.0 Å². The standard InChI is InChI=1S/C19H16ClN5O/c1-12-11-16(13-5-3-2-4-6-13)25-19(21-12)23-18(24-25)22-17(26)14-7-9-15(20)10-8-14/h2-10,16H,1,11H2,(H2,21,22,23,24,26)/t16-/m1/s1. The molecule has 3 aromatic rings. The van der Waals surface area contributed by atoms with Crippen molar-refractivity contribution in [2.75, 3.05) is 10.6 Å². The molecule has 0 saturated carbocycles. The first-order valence-electron chi connectivity index (χ1n) is 8.13. The maximum atomic E-state index is 12.4. The van der Waals surface area contributed by atoms with E-state index in [4.69, 9.17) is 11.6 Å². The van der Waals surface area contributed by atoms with E-state index in [0.717, 1.165) is 11.3 Å². The maximum Gasteiger partial charge on any atom is 0.258 e. The van der Waals surface area contributed by atoms with Crippen molar-refractivity contribution in [1.82, 2.24) is 14.8 Å². The molecule has 0 spiro atoms. The molecule has 2 heterocycles. The quantitative estimate of drug-likeness (QED) is 0.733. The number of rotatable bonds is 3. The second-order valence-corrected chi connectivity index (χ2v) is 6.46. The third-order valence-electron chi connectivity index (χ3n) is 4.17. The van der Waals surface area contributed by atoms with Gasteiger partial charge in [-0.25, -0.2) is 4.68 Å². The number of carbonyl (C=O) groups is 1. The van der Waals surface area contributed by atoms with E-state index in [0.29, 0.717) is 23.0 Å². The molecule has 0 fully saturated rings. The molecule has 2 aromatic carbocycles. The lowest BCUT2D eigenvalue weighted by atomic mass is 10.0. The molecule has 1 aromatic heterocycles. The van der Waals surface area contributed by atoms with Crippen LogP contribution in [-0.4, -0.2) is 20.7 Å². The molecular formula is C19H16ClN5O. The van der Waals surface area contributed by atoms with Crippen LogP contribution >= 0.6 is 11.6 Å². The summed E-state index contributed by atoms with van der Waals surface area (Å²) in [6, 6.07) is 16.6. The monoisotopic (exact) mass is 365 g/mol. The summed E-state index contributed by atoms with van der Waals surface area (Å²) in [5.74, 6) is 0.504. The zero-order valence-corrected chi connectivity index (χ0v) is 14.6. The Morgan fingerprint density at radius 1 is 1.19 bits per heavy atom. The van der Waals surface area contributed by atoms with E-state index in [-0.39, 0.29) is 17.9 Å². The Morgan fingerprint density at radius 2 is 1.92 bits per heavy atom. The van der Waals surface area contributed by atoms with Crippen LogP contribution in [-0.2, 0) is 0 Å². The smallest absolute Gasteiger partial charge is 0.258 e. The highest BCUT2D eigenvalue weighted by Crippen LogP contribution is 2.32. The fourth-order valence-corrected chi connectivity index (χ4v) is 3.04. The lowest BCUT2D eigenvalue weighted by Gasteiger charge is -2.26. The molecule has 4 rings (SSSR count). The van der Waals surface area contributed by atoms with Crippen LogP contribution in [0.15, 0.2) is 66.9 Å². The first kappa shape index (κ1) is 16.4. The summed E-state index contributed by atoms with van der Waals surface area (Å²) in [4.78, 5) is 16.8. The third-order valence-corrected chi connectivity index (χ3v) is 4.42. The van der Waals surface area contributed by atoms with Crippen LogP contribution in [0.2, 0.25) is 5.02 Å². The summed E-state index contributed by atoms with van der Waals surface area (Å²) < 4.78 is 1.78. The first-order valence-corrected chi connectivity index (χ1v) is 8.51. The Morgan fingerprint density at radius 3 is 2.65 bits per heavy atom. The van der Waals surface area contributed by atoms with E-state index in [1.165, 1.54) is 0 Å². The van der Waals surface area contributed by atoms with Gasteiger partial charge in [0.1, 0.15) is 0 Å². The molecule has 1 atom stereocenters. The number of allylic oxidation sites excluding steroid dienone is 1. The molecule has 6 nitrogen and oxygen atoms in total. The molecule has 0 unspecified atom stereocenters. The van der Waals surface area contributed by atoms with Gasteiger partial charge in [-0.15, -0.1) is 5.10 Å². The molecule has 1 aliphatic heterocycles. The van der Waals surface area contributed by atoms with Gasteiger partial charge in [0.05, 0.1) is 6.04 Å². The predicted octanol–water partition coefficient (Wildman–Crippen LogP) is 4.10. The van der Waals surface area contributed by atoms with Crippen molar-refractivity contribution < 1.29 is 4.79 Å². The highest BCUT2D eigenvalue weighted by atomic mass is 35.5. The van der Waals surface area contributed by atoms with Crippen molar-refractivity contribution in [1.29, 1.82) is 0 Å². The van der Waals surface area contributed by atoms with Crippen molar-refractivity contribution in [3.63, 3.8) is 0 Å². The molecule has 2 N–H and O–H groups in total. The lowest BCUT2D eigenvalue weighted by Crippen LogP contribution is -2.23. The van der Waals surface area contributed by atoms with Crippen molar-refractivity contribution in [3.8, 4) is 0 Å². The summed E-state index contributed by atoms with van der Waals surface area (Å²) in [7, 11) is 0. The summed E-state index contributed by atoms with van der Waals surface area (Å²) in [6.07, 6.45) is 0.699. The number of fused-ring (bicyclic) bond motifs is 1. The third kappa shape index (κ3) is 3.19. The van der Waals surface area contributed by atoms with Gasteiger partial charge in [0, 0.05) is 22.7 Å². The van der Waals surface area contributed by atoms with Crippen molar-refractivity contribution in [2.45, 2.75) is 12.5 Å². The number of nitrogens with zero attached hydrogens (tertiary/aromatic N) is 3. The molecule has 0 aliphatic carbocycles. The Bertz CT molecular complexity index is 965. The largest absolute Gasteiger partial charge is 0.329 e. The fraction of sp³-hybridized carbons (Fsp3) is 0.105. The Balaban J connectivity index is 1.61. The van der Waals surface area contributed by atoms with Crippen LogP contribution in [0.25, 0.3) is 0 Å². The maximum absolute atomic E-state index is 12.4. The number of aromatic nitrogens is 3. The summed E-state index contributed by atoms with van der Waals surface area (Å²) in [5, 5.41) is 10.9. The van der Waals surface area contributed by atoms with Gasteiger partial charge in [-0.2, -0.15) is 4.98 Å². The fourth-order valence-electron chi connectivity index (χ4n) is 2.92. The van der Waals surface area contributed by atoms with Gasteiger partial charge < -0.3 is 5.32 Å². The summed E-state index contributed by atoms with van der Waals surface area (Å²) >= 11 is 5.86. The number of nitrogens with one attached hydrogen (secondary N) is 2. The number of hydrogen-bond donors (Lipinski definition) is 2. The van der Waals surface area contributed by atoms with Gasteiger partial charge in [-0.1, -0.05) is 48.5 Å². The zero-order valence-electron chi connectivity index (χ0n) is 13.8. The minimum Gasteiger partial charge on any atom is -0.329 e. The number of hydrogen-bond acceptors (Lipinski definition) is 4. The number of benzene rings is 2. The average molecular weight is 366 g/mol. The molecule has 7 heteroatoms. The molecule has 0 radical (unpaired) electrons. The van der Waals surface area contributed by atoms with Crippen LogP contribution in [0, 0.1) is 0 Å². The molecule has 26 heavy (non-hydrogen) atoms. The SMILES string of the molecule is C=C1C[C@H](c2ccccc2)n2nc(NC(=O)c3ccc(Cl)cc3)nc2N1. The molecule has 0 bridgehead atoms. The van der Waals surface area contributed by atoms with Crippen LogP contribution in [0.3, 0.4) is 0 Å². The van der Waals surface area contributed by atoms with Gasteiger partial charge in [-0.3, -0.25) is 10.1 Å². The molecule has 130 valence electrons. The predicted molar refractivity (Wildman–Crippen MR) is 101 cm³/mol. The van der Waals surface area contributed by atoms with E-state index in [1.807, 2.05) is 30.3 Å². The first-order chi connectivity index (χ1) is 12.6. The van der Waals surface area contributed by atoms with Gasteiger partial charge >= 0.3 is 0 Å². The van der Waals surface area contributed by atoms with E-state index in [2.05, 4.69) is 27.3 Å². The second kappa shape index (κ2) is 6.65. The van der Waals surface area contributed by atoms with E-state index in [9.17, 15) is 4.79 Å².